The second-order valence-corrected chi connectivity index (χ2v) is 8.84. The van der Waals surface area contributed by atoms with E-state index in [-0.39, 0.29) is 0 Å². The van der Waals surface area contributed by atoms with Crippen molar-refractivity contribution in [3.8, 4) is 0 Å². The van der Waals surface area contributed by atoms with Gasteiger partial charge in [0.2, 0.25) is 0 Å². The molecular weight excluding hydrogens is 369 g/mol. The summed E-state index contributed by atoms with van der Waals surface area (Å²) in [4.78, 5) is 4.04. The summed E-state index contributed by atoms with van der Waals surface area (Å²) in [6.45, 7) is 1.46. The Kier molecular flexibility index (Phi) is 5.56. The first-order chi connectivity index (χ1) is 13.7. The van der Waals surface area contributed by atoms with Crippen molar-refractivity contribution in [2.24, 2.45) is 0 Å². The second kappa shape index (κ2) is 8.42. The van der Waals surface area contributed by atoms with Crippen LogP contribution in [0.3, 0.4) is 0 Å². The number of hydrogen-bond acceptors (Lipinski definition) is 3. The highest BCUT2D eigenvalue weighted by Gasteiger charge is 2.26. The third kappa shape index (κ3) is 4.50. The lowest BCUT2D eigenvalue weighted by Crippen LogP contribution is -2.14. The number of rotatable bonds is 7. The molecule has 0 saturated carbocycles. The summed E-state index contributed by atoms with van der Waals surface area (Å²) in [7, 11) is -2.89. The van der Waals surface area contributed by atoms with Gasteiger partial charge in [-0.25, -0.2) is 4.98 Å². The molecule has 1 aliphatic heterocycles. The van der Waals surface area contributed by atoms with Crippen LogP contribution < -0.4 is 5.09 Å². The van der Waals surface area contributed by atoms with E-state index in [9.17, 15) is 4.57 Å². The van der Waals surface area contributed by atoms with Crippen molar-refractivity contribution in [3.63, 3.8) is 0 Å². The standard InChI is InChI=1S/C22H22N3O2P/c26-28(24-12-7-14-25-15-13-23-18-25)16-21(19-8-3-1-4-9-19)27-22(17-28)20-10-5-2-6-11-20/h1-6,8-11,13,15-18H,7,12,14H2,(H,24,26). The Labute approximate surface area is 164 Å². The van der Waals surface area contributed by atoms with Gasteiger partial charge in [0.15, 0.2) is 7.29 Å². The minimum atomic E-state index is -2.89. The third-order valence-electron chi connectivity index (χ3n) is 4.47. The molecule has 0 spiro atoms. The van der Waals surface area contributed by atoms with Gasteiger partial charge in [-0.1, -0.05) is 60.7 Å². The zero-order valence-electron chi connectivity index (χ0n) is 15.4. The van der Waals surface area contributed by atoms with E-state index < -0.39 is 7.29 Å². The minimum absolute atomic E-state index is 0.618. The van der Waals surface area contributed by atoms with Crippen LogP contribution in [0.1, 0.15) is 17.5 Å². The Bertz CT molecular complexity index is 953. The summed E-state index contributed by atoms with van der Waals surface area (Å²) >= 11 is 0. The van der Waals surface area contributed by atoms with E-state index >= 15 is 0 Å². The number of aryl methyl sites for hydroxylation is 1. The Morgan fingerprint density at radius 1 is 0.929 bits per heavy atom. The van der Waals surface area contributed by atoms with Crippen molar-refractivity contribution in [2.45, 2.75) is 13.0 Å². The van der Waals surface area contributed by atoms with Gasteiger partial charge < -0.3 is 9.30 Å². The molecule has 0 fully saturated rings. The van der Waals surface area contributed by atoms with E-state index in [4.69, 9.17) is 4.74 Å². The van der Waals surface area contributed by atoms with Crippen molar-refractivity contribution >= 4 is 18.8 Å². The molecule has 1 aromatic heterocycles. The van der Waals surface area contributed by atoms with Crippen molar-refractivity contribution in [2.75, 3.05) is 6.54 Å². The van der Waals surface area contributed by atoms with Gasteiger partial charge in [-0.05, 0) is 6.42 Å². The molecule has 28 heavy (non-hydrogen) atoms. The molecule has 0 radical (unpaired) electrons. The monoisotopic (exact) mass is 391 g/mol. The van der Waals surface area contributed by atoms with Crippen molar-refractivity contribution in [1.29, 1.82) is 0 Å². The summed E-state index contributed by atoms with van der Waals surface area (Å²) in [6, 6.07) is 19.5. The maximum atomic E-state index is 13.6. The van der Waals surface area contributed by atoms with E-state index in [2.05, 4.69) is 10.1 Å². The lowest BCUT2D eigenvalue weighted by atomic mass is 10.2. The van der Waals surface area contributed by atoms with Gasteiger partial charge in [0.05, 0.1) is 6.33 Å². The fraction of sp³-hybridized carbons (Fsp3) is 0.136. The summed E-state index contributed by atoms with van der Waals surface area (Å²) in [5.41, 5.74) is 1.81. The van der Waals surface area contributed by atoms with Crippen LogP contribution in [0.15, 0.2) is 91.0 Å². The number of nitrogens with zero attached hydrogens (tertiary/aromatic N) is 2. The number of nitrogens with one attached hydrogen (secondary N) is 1. The number of aromatic nitrogens is 2. The molecule has 0 atom stereocenters. The quantitative estimate of drug-likeness (QED) is 0.446. The van der Waals surface area contributed by atoms with Crippen LogP contribution in [0, 0.1) is 0 Å². The molecule has 2 heterocycles. The van der Waals surface area contributed by atoms with E-state index in [0.717, 1.165) is 24.1 Å². The topological polar surface area (TPSA) is 56.2 Å². The first-order valence-electron chi connectivity index (χ1n) is 9.27. The van der Waals surface area contributed by atoms with Crippen LogP contribution >= 0.6 is 7.29 Å². The second-order valence-electron chi connectivity index (χ2n) is 6.59. The number of hydrogen-bond donors (Lipinski definition) is 1. The average molecular weight is 391 g/mol. The number of imidazole rings is 1. The summed E-state index contributed by atoms with van der Waals surface area (Å²) in [6.07, 6.45) is 6.33. The molecule has 0 bridgehead atoms. The molecule has 3 aromatic rings. The molecule has 0 saturated heterocycles. The SMILES string of the molecule is O=P1(NCCCn2ccnc2)C=C(c2ccccc2)OC(c2ccccc2)=C1. The van der Waals surface area contributed by atoms with Gasteiger partial charge in [-0.2, -0.15) is 0 Å². The normalized spacial score (nSPS) is 15.4. The van der Waals surface area contributed by atoms with Gasteiger partial charge in [-0.15, -0.1) is 0 Å². The lowest BCUT2D eigenvalue weighted by Gasteiger charge is -2.23. The van der Waals surface area contributed by atoms with Crippen LogP contribution in [-0.2, 0) is 15.8 Å². The van der Waals surface area contributed by atoms with Crippen LogP contribution in [0.4, 0.5) is 0 Å². The minimum Gasteiger partial charge on any atom is -0.456 e. The molecule has 0 unspecified atom stereocenters. The molecule has 1 aliphatic rings. The molecule has 6 heteroatoms. The smallest absolute Gasteiger partial charge is 0.198 e. The predicted molar refractivity (Wildman–Crippen MR) is 112 cm³/mol. The van der Waals surface area contributed by atoms with Crippen molar-refractivity contribution in [3.05, 3.63) is 102 Å². The largest absolute Gasteiger partial charge is 0.456 e. The summed E-state index contributed by atoms with van der Waals surface area (Å²) in [5, 5.41) is 3.25. The highest BCUT2D eigenvalue weighted by molar-refractivity contribution is 7.68. The van der Waals surface area contributed by atoms with E-state index in [1.807, 2.05) is 71.4 Å². The van der Waals surface area contributed by atoms with Crippen molar-refractivity contribution in [1.82, 2.24) is 14.6 Å². The van der Waals surface area contributed by atoms with Crippen LogP contribution in [-0.4, -0.2) is 16.1 Å². The van der Waals surface area contributed by atoms with Crippen LogP contribution in [0.5, 0.6) is 0 Å². The molecule has 4 rings (SSSR count). The first kappa shape index (κ1) is 18.5. The van der Waals surface area contributed by atoms with Crippen molar-refractivity contribution < 1.29 is 9.30 Å². The predicted octanol–water partition coefficient (Wildman–Crippen LogP) is 5.17. The van der Waals surface area contributed by atoms with Gasteiger partial charge in [0.25, 0.3) is 0 Å². The third-order valence-corrected chi connectivity index (χ3v) is 6.42. The van der Waals surface area contributed by atoms with E-state index in [0.29, 0.717) is 18.1 Å². The summed E-state index contributed by atoms with van der Waals surface area (Å²) < 4.78 is 21.7. The van der Waals surface area contributed by atoms with Gasteiger partial charge in [0.1, 0.15) is 11.5 Å². The molecule has 0 amide bonds. The average Bonchev–Trinajstić information content (AvgIpc) is 3.26. The maximum Gasteiger partial charge on any atom is 0.198 e. The Hall–Kier alpha value is -2.88. The molecular formula is C22H22N3O2P. The fourth-order valence-electron chi connectivity index (χ4n) is 3.05. The highest BCUT2D eigenvalue weighted by atomic mass is 31.2. The summed E-state index contributed by atoms with van der Waals surface area (Å²) in [5.74, 6) is 4.69. The zero-order valence-corrected chi connectivity index (χ0v) is 16.3. The van der Waals surface area contributed by atoms with Crippen LogP contribution in [0.2, 0.25) is 0 Å². The Morgan fingerprint density at radius 3 is 2.07 bits per heavy atom. The van der Waals surface area contributed by atoms with E-state index in [1.54, 1.807) is 24.2 Å². The van der Waals surface area contributed by atoms with Gasteiger partial charge in [0, 0.05) is 48.2 Å². The zero-order chi connectivity index (χ0) is 19.2. The fourth-order valence-corrected chi connectivity index (χ4v) is 4.92. The number of ether oxygens (including phenoxy) is 1. The van der Waals surface area contributed by atoms with Crippen LogP contribution in [0.25, 0.3) is 11.5 Å². The molecule has 1 N–H and O–H groups in total. The van der Waals surface area contributed by atoms with E-state index in [1.165, 1.54) is 0 Å². The molecule has 2 aromatic carbocycles. The highest BCUT2D eigenvalue weighted by Crippen LogP contribution is 2.53. The molecule has 142 valence electrons. The lowest BCUT2D eigenvalue weighted by molar-refractivity contribution is 0.468. The number of benzene rings is 2. The molecule has 5 nitrogen and oxygen atoms in total. The molecule has 0 aliphatic carbocycles. The maximum absolute atomic E-state index is 13.6. The Balaban J connectivity index is 1.55. The first-order valence-corrected chi connectivity index (χ1v) is 11.1. The van der Waals surface area contributed by atoms with Gasteiger partial charge >= 0.3 is 0 Å². The Morgan fingerprint density at radius 2 is 1.54 bits per heavy atom. The van der Waals surface area contributed by atoms with Gasteiger partial charge in [-0.3, -0.25) is 9.65 Å².